The Morgan fingerprint density at radius 1 is 1.31 bits per heavy atom. The summed E-state index contributed by atoms with van der Waals surface area (Å²) in [6, 6.07) is 8.84. The molecule has 1 aromatic carbocycles. The number of carboxylic acid groups (broad SMARTS) is 1. The first kappa shape index (κ1) is 20.9. The van der Waals surface area contributed by atoms with E-state index in [1.165, 1.54) is 23.6 Å². The molecule has 154 valence electrons. The van der Waals surface area contributed by atoms with Gasteiger partial charge in [-0.05, 0) is 11.5 Å². The number of benzene rings is 1. The maximum atomic E-state index is 12.6. The Balaban J connectivity index is 1.65. The number of nitrogens with zero attached hydrogens (tertiary/aromatic N) is 1. The predicted molar refractivity (Wildman–Crippen MR) is 106 cm³/mol. The van der Waals surface area contributed by atoms with Gasteiger partial charge in [-0.3, -0.25) is 19.3 Å². The number of carboxylic acids is 1. The third kappa shape index (κ3) is 4.45. The van der Waals surface area contributed by atoms with E-state index in [0.717, 1.165) is 5.56 Å². The molecule has 0 radical (unpaired) electrons. The van der Waals surface area contributed by atoms with Crippen molar-refractivity contribution < 1.29 is 29.0 Å². The minimum absolute atomic E-state index is 0.00806. The number of amides is 2. The monoisotopic (exact) mass is 418 g/mol. The van der Waals surface area contributed by atoms with Gasteiger partial charge < -0.3 is 15.2 Å². The summed E-state index contributed by atoms with van der Waals surface area (Å²) in [5.41, 5.74) is 1.23. The fraction of sp³-hybridized carbons (Fsp3) is 0.400. The second-order valence-electron chi connectivity index (χ2n) is 7.01. The van der Waals surface area contributed by atoms with E-state index in [2.05, 4.69) is 5.32 Å². The zero-order valence-electron chi connectivity index (χ0n) is 16.1. The number of hydrogen-bond acceptors (Lipinski definition) is 6. The van der Waals surface area contributed by atoms with E-state index < -0.39 is 29.3 Å². The topological polar surface area (TPSA) is 113 Å². The average molecular weight is 418 g/mol. The van der Waals surface area contributed by atoms with Gasteiger partial charge in [0, 0.05) is 24.7 Å². The van der Waals surface area contributed by atoms with Gasteiger partial charge in [0.1, 0.15) is 23.7 Å². The van der Waals surface area contributed by atoms with Crippen molar-refractivity contribution in [2.75, 3.05) is 12.4 Å². The van der Waals surface area contributed by atoms with E-state index in [0.29, 0.717) is 11.3 Å². The lowest BCUT2D eigenvalue weighted by Crippen LogP contribution is -2.70. The largest absolute Gasteiger partial charge is 0.477 e. The molecule has 29 heavy (non-hydrogen) atoms. The smallest absolute Gasteiger partial charge is 0.352 e. The Hall–Kier alpha value is -2.81. The molecule has 3 rings (SSSR count). The summed E-state index contributed by atoms with van der Waals surface area (Å²) in [5, 5.41) is 11.8. The van der Waals surface area contributed by atoms with Crippen molar-refractivity contribution >= 4 is 35.5 Å². The van der Waals surface area contributed by atoms with E-state index in [4.69, 9.17) is 4.74 Å². The van der Waals surface area contributed by atoms with Gasteiger partial charge in [-0.25, -0.2) is 4.79 Å². The Kier molecular flexibility index (Phi) is 6.26. The number of thioether (sulfide) groups is 1. The van der Waals surface area contributed by atoms with Crippen molar-refractivity contribution in [3.8, 4) is 0 Å². The van der Waals surface area contributed by atoms with E-state index in [9.17, 15) is 24.3 Å². The van der Waals surface area contributed by atoms with E-state index >= 15 is 0 Å². The van der Waals surface area contributed by atoms with Gasteiger partial charge in [0.25, 0.3) is 5.91 Å². The SMILES string of the molecule is CC(=O)OCC1=C(C(=O)O)N2C(=O)[C@H](NC(=O)C[C@H](C)c3ccccc3)[C@@H]2SC1. The minimum atomic E-state index is -1.26. The van der Waals surface area contributed by atoms with Crippen LogP contribution in [-0.4, -0.2) is 57.5 Å². The fourth-order valence-corrected chi connectivity index (χ4v) is 4.72. The van der Waals surface area contributed by atoms with Crippen molar-refractivity contribution in [1.82, 2.24) is 10.2 Å². The number of esters is 1. The van der Waals surface area contributed by atoms with Gasteiger partial charge in [-0.1, -0.05) is 37.3 Å². The minimum Gasteiger partial charge on any atom is -0.477 e. The van der Waals surface area contributed by atoms with Crippen LogP contribution in [0.25, 0.3) is 0 Å². The van der Waals surface area contributed by atoms with Crippen molar-refractivity contribution in [2.24, 2.45) is 0 Å². The van der Waals surface area contributed by atoms with Crippen molar-refractivity contribution in [1.29, 1.82) is 0 Å². The van der Waals surface area contributed by atoms with E-state index in [1.54, 1.807) is 0 Å². The first-order chi connectivity index (χ1) is 13.8. The van der Waals surface area contributed by atoms with E-state index in [1.807, 2.05) is 37.3 Å². The van der Waals surface area contributed by atoms with Crippen molar-refractivity contribution in [3.05, 3.63) is 47.2 Å². The number of nitrogens with one attached hydrogen (secondary N) is 1. The first-order valence-corrected chi connectivity index (χ1v) is 10.2. The molecule has 2 heterocycles. The molecule has 0 spiro atoms. The van der Waals surface area contributed by atoms with Crippen LogP contribution >= 0.6 is 11.8 Å². The lowest BCUT2D eigenvalue weighted by atomic mass is 9.96. The van der Waals surface area contributed by atoms with Crippen LogP contribution in [0.3, 0.4) is 0 Å². The molecule has 0 aliphatic carbocycles. The molecule has 2 aliphatic rings. The molecule has 2 aliphatic heterocycles. The maximum Gasteiger partial charge on any atom is 0.352 e. The number of hydrogen-bond donors (Lipinski definition) is 2. The predicted octanol–water partition coefficient (Wildman–Crippen LogP) is 1.48. The third-order valence-corrected chi connectivity index (χ3v) is 6.22. The molecule has 0 bridgehead atoms. The Morgan fingerprint density at radius 3 is 2.62 bits per heavy atom. The Bertz CT molecular complexity index is 869. The second-order valence-corrected chi connectivity index (χ2v) is 8.11. The summed E-state index contributed by atoms with van der Waals surface area (Å²) in [4.78, 5) is 48.9. The van der Waals surface area contributed by atoms with Gasteiger partial charge in [0.2, 0.25) is 5.91 Å². The number of ether oxygens (including phenoxy) is 1. The number of carbonyl (C=O) groups excluding carboxylic acids is 3. The van der Waals surface area contributed by atoms with Gasteiger partial charge in [-0.15, -0.1) is 11.8 Å². The van der Waals surface area contributed by atoms with Crippen LogP contribution in [0.2, 0.25) is 0 Å². The van der Waals surface area contributed by atoms with E-state index in [-0.39, 0.29) is 30.5 Å². The van der Waals surface area contributed by atoms with Gasteiger partial charge in [-0.2, -0.15) is 0 Å². The normalized spacial score (nSPS) is 21.7. The van der Waals surface area contributed by atoms with Gasteiger partial charge >= 0.3 is 11.9 Å². The molecule has 0 aromatic heterocycles. The fourth-order valence-electron chi connectivity index (χ4n) is 3.39. The quantitative estimate of drug-likeness (QED) is 0.509. The van der Waals surface area contributed by atoms with Crippen molar-refractivity contribution in [3.63, 3.8) is 0 Å². The summed E-state index contributed by atoms with van der Waals surface area (Å²) in [6.45, 7) is 2.99. The summed E-state index contributed by atoms with van der Waals surface area (Å²) in [6.07, 6.45) is 0.227. The number of fused-ring (bicyclic) bond motifs is 1. The molecule has 9 heteroatoms. The van der Waals surface area contributed by atoms with Crippen LogP contribution in [0.5, 0.6) is 0 Å². The molecule has 0 saturated carbocycles. The molecule has 0 unspecified atom stereocenters. The van der Waals surface area contributed by atoms with Crippen LogP contribution in [0.4, 0.5) is 0 Å². The van der Waals surface area contributed by atoms with Crippen LogP contribution in [-0.2, 0) is 23.9 Å². The third-order valence-electron chi connectivity index (χ3n) is 4.88. The highest BCUT2D eigenvalue weighted by atomic mass is 32.2. The lowest BCUT2D eigenvalue weighted by Gasteiger charge is -2.49. The number of rotatable bonds is 7. The second kappa shape index (κ2) is 8.69. The highest BCUT2D eigenvalue weighted by molar-refractivity contribution is 8.00. The molecule has 3 atom stereocenters. The van der Waals surface area contributed by atoms with Gasteiger partial charge in [0.15, 0.2) is 0 Å². The maximum absolute atomic E-state index is 12.6. The lowest BCUT2D eigenvalue weighted by molar-refractivity contribution is -0.151. The van der Waals surface area contributed by atoms with Crippen LogP contribution in [0, 0.1) is 0 Å². The summed E-state index contributed by atoms with van der Waals surface area (Å²) in [5.74, 6) is -2.22. The molecule has 1 fully saturated rings. The highest BCUT2D eigenvalue weighted by Crippen LogP contribution is 2.40. The van der Waals surface area contributed by atoms with Crippen LogP contribution in [0.15, 0.2) is 41.6 Å². The average Bonchev–Trinajstić information content (AvgIpc) is 2.70. The van der Waals surface area contributed by atoms with Crippen molar-refractivity contribution in [2.45, 2.75) is 37.6 Å². The summed E-state index contributed by atoms with van der Waals surface area (Å²) < 4.78 is 4.90. The molecule has 2 amide bonds. The molecule has 1 saturated heterocycles. The van der Waals surface area contributed by atoms with Crippen LogP contribution in [0.1, 0.15) is 31.7 Å². The number of β-lactam (4-membered cyclic amide) rings is 1. The Morgan fingerprint density at radius 2 is 2.00 bits per heavy atom. The molecule has 2 N–H and O–H groups in total. The summed E-state index contributed by atoms with van der Waals surface area (Å²) >= 11 is 1.34. The number of carbonyl (C=O) groups is 4. The first-order valence-electron chi connectivity index (χ1n) is 9.17. The van der Waals surface area contributed by atoms with Gasteiger partial charge in [0.05, 0.1) is 0 Å². The summed E-state index contributed by atoms with van der Waals surface area (Å²) in [7, 11) is 0. The number of aliphatic carboxylic acids is 1. The standard InChI is InChI=1S/C20H22N2O6S/c1-11(13-6-4-3-5-7-13)8-15(24)21-16-18(25)22-17(20(26)27)14(9-28-12(2)23)10-29-19(16)22/h3-7,11,16,19H,8-10H2,1-2H3,(H,21,24)(H,26,27)/t11-,16-,19-/m0/s1. The molecule has 1 aromatic rings. The van der Waals surface area contributed by atoms with Crippen LogP contribution < -0.4 is 5.32 Å². The zero-order chi connectivity index (χ0) is 21.1. The molecular formula is C20H22N2O6S. The molecular weight excluding hydrogens is 396 g/mol. The highest BCUT2D eigenvalue weighted by Gasteiger charge is 2.54. The molecule has 8 nitrogen and oxygen atoms in total. The Labute approximate surface area is 172 Å². The zero-order valence-corrected chi connectivity index (χ0v) is 16.9.